The average molecular weight is 533 g/mol. The van der Waals surface area contributed by atoms with Crippen molar-refractivity contribution in [3.63, 3.8) is 0 Å². The summed E-state index contributed by atoms with van der Waals surface area (Å²) in [6, 6.07) is 11.4. The summed E-state index contributed by atoms with van der Waals surface area (Å²) in [5.41, 5.74) is 10.1. The van der Waals surface area contributed by atoms with Crippen molar-refractivity contribution in [3.05, 3.63) is 69.8 Å². The molecule has 1 saturated heterocycles. The van der Waals surface area contributed by atoms with E-state index < -0.39 is 15.5 Å². The summed E-state index contributed by atoms with van der Waals surface area (Å²) in [6.07, 6.45) is 6.75. The van der Waals surface area contributed by atoms with Gasteiger partial charge < -0.3 is 21.3 Å². The lowest BCUT2D eigenvalue weighted by atomic mass is 9.90. The van der Waals surface area contributed by atoms with Gasteiger partial charge in [0.15, 0.2) is 15.8 Å². The maximum atomic E-state index is 11.9. The third-order valence-corrected chi connectivity index (χ3v) is 7.76. The molecular formula is C24H30BrN5O2S. The van der Waals surface area contributed by atoms with Gasteiger partial charge in [-0.05, 0) is 74.2 Å². The molecule has 0 amide bonds. The molecular weight excluding hydrogens is 502 g/mol. The lowest BCUT2D eigenvalue weighted by molar-refractivity contribution is 0.473. The van der Waals surface area contributed by atoms with E-state index in [1.807, 2.05) is 18.3 Å². The fourth-order valence-electron chi connectivity index (χ4n) is 4.65. The van der Waals surface area contributed by atoms with E-state index in [-0.39, 0.29) is 6.04 Å². The predicted octanol–water partition coefficient (Wildman–Crippen LogP) is 3.31. The number of sulfone groups is 1. The van der Waals surface area contributed by atoms with Crippen molar-refractivity contribution in [2.75, 3.05) is 24.2 Å². The summed E-state index contributed by atoms with van der Waals surface area (Å²) in [5.74, 6) is 0.666. The zero-order valence-corrected chi connectivity index (χ0v) is 21.5. The van der Waals surface area contributed by atoms with E-state index in [2.05, 4.69) is 57.4 Å². The second kappa shape index (κ2) is 9.12. The third-order valence-electron chi connectivity index (χ3n) is 6.19. The first-order chi connectivity index (χ1) is 15.5. The molecule has 0 saturated carbocycles. The molecule has 7 nitrogen and oxygen atoms in total. The second-order valence-electron chi connectivity index (χ2n) is 8.85. The monoisotopic (exact) mass is 531 g/mol. The van der Waals surface area contributed by atoms with E-state index in [0.29, 0.717) is 10.9 Å². The molecule has 0 spiro atoms. The van der Waals surface area contributed by atoms with E-state index in [1.165, 1.54) is 6.26 Å². The number of hydrogen-bond donors (Lipinski definition) is 3. The topological polar surface area (TPSA) is 99.8 Å². The molecule has 9 heteroatoms. The highest BCUT2D eigenvalue weighted by atomic mass is 79.9. The van der Waals surface area contributed by atoms with Gasteiger partial charge in [-0.3, -0.25) is 0 Å². The Labute approximate surface area is 204 Å². The maximum Gasteiger partial charge on any atom is 0.197 e. The van der Waals surface area contributed by atoms with Crippen LogP contribution in [-0.2, 0) is 15.5 Å². The standard InChI is InChI=1S/C24H30BrN5O2S/c1-16-13-18(25)14-17(2)22(16)24(26)9-10-27-23(29-24)28-19-7-11-30(12-8-19)20-5-4-6-21(15-20)33(3,31)32/h4-6,9-10,13-15,19H,7-8,11-12,26H2,1-3H3,(H2,27,28,29). The summed E-state index contributed by atoms with van der Waals surface area (Å²) in [4.78, 5) is 7.48. The van der Waals surface area contributed by atoms with Crippen LogP contribution in [0.1, 0.15) is 29.5 Å². The minimum absolute atomic E-state index is 0.150. The second-order valence-corrected chi connectivity index (χ2v) is 11.8. The Morgan fingerprint density at radius 1 is 1.15 bits per heavy atom. The molecule has 2 heterocycles. The number of guanidine groups is 1. The number of benzene rings is 2. The van der Waals surface area contributed by atoms with Gasteiger partial charge in [-0.15, -0.1) is 0 Å². The van der Waals surface area contributed by atoms with Gasteiger partial charge >= 0.3 is 0 Å². The van der Waals surface area contributed by atoms with E-state index in [0.717, 1.165) is 52.8 Å². The molecule has 0 aliphatic carbocycles. The first-order valence-corrected chi connectivity index (χ1v) is 13.6. The number of hydrogen-bond acceptors (Lipinski definition) is 5. The molecule has 4 N–H and O–H groups in total. The van der Waals surface area contributed by atoms with Crippen molar-refractivity contribution < 1.29 is 8.42 Å². The molecule has 2 aliphatic rings. The molecule has 2 aromatic carbocycles. The summed E-state index contributed by atoms with van der Waals surface area (Å²) in [5, 5.41) is 6.59. The molecule has 0 aromatic heterocycles. The minimum Gasteiger partial charge on any atom is -0.371 e. The molecule has 0 radical (unpaired) electrons. The summed E-state index contributed by atoms with van der Waals surface area (Å²) >= 11 is 3.55. The zero-order valence-electron chi connectivity index (χ0n) is 19.1. The smallest absolute Gasteiger partial charge is 0.197 e. The Bertz CT molecular complexity index is 1200. The van der Waals surface area contributed by atoms with Crippen LogP contribution < -0.4 is 21.3 Å². The first kappa shape index (κ1) is 23.8. The van der Waals surface area contributed by atoms with Gasteiger partial charge in [0.05, 0.1) is 10.9 Å². The SMILES string of the molecule is Cc1cc(Br)cc(C)c1C1(N)C=CNC(=NC2CCN(c3cccc(S(C)(=O)=O)c3)CC2)N1. The third kappa shape index (κ3) is 5.26. The maximum absolute atomic E-state index is 11.9. The predicted molar refractivity (Wildman–Crippen MR) is 137 cm³/mol. The number of rotatable bonds is 4. The van der Waals surface area contributed by atoms with Crippen LogP contribution in [0, 0.1) is 13.8 Å². The van der Waals surface area contributed by atoms with Crippen molar-refractivity contribution >= 4 is 37.4 Å². The number of halogens is 1. The first-order valence-electron chi connectivity index (χ1n) is 11.0. The van der Waals surface area contributed by atoms with Gasteiger partial charge in [-0.1, -0.05) is 22.0 Å². The quantitative estimate of drug-likeness (QED) is 0.559. The van der Waals surface area contributed by atoms with Crippen molar-refractivity contribution in [2.24, 2.45) is 10.7 Å². The number of anilines is 1. The van der Waals surface area contributed by atoms with Gasteiger partial charge in [-0.2, -0.15) is 0 Å². The molecule has 1 unspecified atom stereocenters. The normalized spacial score (nSPS) is 22.8. The van der Waals surface area contributed by atoms with Crippen LogP contribution in [-0.4, -0.2) is 39.8 Å². The lowest BCUT2D eigenvalue weighted by Crippen LogP contribution is -2.58. The van der Waals surface area contributed by atoms with E-state index in [1.54, 1.807) is 18.2 Å². The number of aliphatic imine (C=N–C) groups is 1. The molecule has 33 heavy (non-hydrogen) atoms. The average Bonchev–Trinajstić information content (AvgIpc) is 2.73. The van der Waals surface area contributed by atoms with E-state index in [4.69, 9.17) is 10.7 Å². The fourth-order valence-corrected chi connectivity index (χ4v) is 6.00. The molecule has 2 aromatic rings. The van der Waals surface area contributed by atoms with Gasteiger partial charge in [0.2, 0.25) is 0 Å². The van der Waals surface area contributed by atoms with Crippen LogP contribution >= 0.6 is 15.9 Å². The Hall–Kier alpha value is -2.36. The van der Waals surface area contributed by atoms with Gasteiger partial charge in [0.25, 0.3) is 0 Å². The largest absolute Gasteiger partial charge is 0.371 e. The van der Waals surface area contributed by atoms with Crippen LogP contribution in [0.3, 0.4) is 0 Å². The van der Waals surface area contributed by atoms with Crippen molar-refractivity contribution in [1.29, 1.82) is 0 Å². The zero-order chi connectivity index (χ0) is 23.8. The van der Waals surface area contributed by atoms with Crippen molar-refractivity contribution in [3.8, 4) is 0 Å². The van der Waals surface area contributed by atoms with Crippen molar-refractivity contribution in [2.45, 2.75) is 43.3 Å². The Balaban J connectivity index is 1.46. The molecule has 2 aliphatic heterocycles. The minimum atomic E-state index is -3.22. The number of nitrogens with two attached hydrogens (primary N) is 1. The van der Waals surface area contributed by atoms with E-state index >= 15 is 0 Å². The summed E-state index contributed by atoms with van der Waals surface area (Å²) < 4.78 is 24.8. The van der Waals surface area contributed by atoms with Gasteiger partial charge in [0, 0.05) is 41.3 Å². The van der Waals surface area contributed by atoms with Gasteiger partial charge in [-0.25, -0.2) is 13.4 Å². The van der Waals surface area contributed by atoms with Crippen LogP contribution in [0.4, 0.5) is 5.69 Å². The highest BCUT2D eigenvalue weighted by molar-refractivity contribution is 9.10. The number of piperidine rings is 1. The Kier molecular flexibility index (Phi) is 6.57. The van der Waals surface area contributed by atoms with Gasteiger partial charge in [0.1, 0.15) is 5.66 Å². The van der Waals surface area contributed by atoms with E-state index in [9.17, 15) is 8.42 Å². The highest BCUT2D eigenvalue weighted by Gasteiger charge is 2.32. The number of nitrogens with one attached hydrogen (secondary N) is 2. The van der Waals surface area contributed by atoms with Crippen LogP contribution in [0.15, 0.2) is 63.0 Å². The van der Waals surface area contributed by atoms with Crippen LogP contribution in [0.2, 0.25) is 0 Å². The summed E-state index contributed by atoms with van der Waals surface area (Å²) in [7, 11) is -3.22. The molecule has 176 valence electrons. The number of nitrogens with zero attached hydrogens (tertiary/aromatic N) is 2. The van der Waals surface area contributed by atoms with Crippen LogP contribution in [0.25, 0.3) is 0 Å². The highest BCUT2D eigenvalue weighted by Crippen LogP contribution is 2.29. The molecule has 1 atom stereocenters. The molecule has 1 fully saturated rings. The lowest BCUT2D eigenvalue weighted by Gasteiger charge is -2.36. The molecule has 4 rings (SSSR count). The van der Waals surface area contributed by atoms with Crippen molar-refractivity contribution in [1.82, 2.24) is 10.6 Å². The molecule has 0 bridgehead atoms. The Morgan fingerprint density at radius 2 is 1.82 bits per heavy atom. The van der Waals surface area contributed by atoms with Crippen LogP contribution in [0.5, 0.6) is 0 Å². The Morgan fingerprint density at radius 3 is 2.45 bits per heavy atom. The number of aryl methyl sites for hydroxylation is 2. The summed E-state index contributed by atoms with van der Waals surface area (Å²) in [6.45, 7) is 5.74. The fraction of sp³-hybridized carbons (Fsp3) is 0.375.